The number of hydrogen-bond donors (Lipinski definition) is 2. The van der Waals surface area contributed by atoms with Gasteiger partial charge in [-0.2, -0.15) is 5.26 Å². The van der Waals surface area contributed by atoms with Gasteiger partial charge in [-0.25, -0.2) is 0 Å². The Morgan fingerprint density at radius 1 is 0.844 bits per heavy atom. The van der Waals surface area contributed by atoms with Gasteiger partial charge in [0.1, 0.15) is 11.6 Å². The van der Waals surface area contributed by atoms with Crippen molar-refractivity contribution in [3.63, 3.8) is 0 Å². The van der Waals surface area contributed by atoms with Crippen LogP contribution in [0, 0.1) is 11.3 Å². The Bertz CT molecular complexity index is 1060. The van der Waals surface area contributed by atoms with Crippen LogP contribution in [0.2, 0.25) is 0 Å². The van der Waals surface area contributed by atoms with E-state index in [2.05, 4.69) is 60.0 Å². The smallest absolute Gasteiger partial charge is 0.263 e. The number of carbonyl (C=O) groups is 1. The highest BCUT2D eigenvalue weighted by atomic mass is 16.1. The van der Waals surface area contributed by atoms with E-state index in [-0.39, 0.29) is 23.6 Å². The fraction of sp³-hybridized carbons (Fsp3) is 0.429. The molecule has 0 fully saturated rings. The number of hydrogen-bond acceptors (Lipinski definition) is 3. The number of nitrogens with zero attached hydrogens (tertiary/aromatic N) is 1. The summed E-state index contributed by atoms with van der Waals surface area (Å²) in [5.74, 6) is -0.345. The average Bonchev–Trinajstić information content (AvgIpc) is 2.83. The van der Waals surface area contributed by atoms with Crippen molar-refractivity contribution in [2.75, 3.05) is 0 Å². The molecule has 166 valence electrons. The van der Waals surface area contributed by atoms with Crippen LogP contribution < -0.4 is 10.6 Å². The van der Waals surface area contributed by atoms with Crippen LogP contribution in [0.3, 0.4) is 0 Å². The van der Waals surface area contributed by atoms with Gasteiger partial charge in [-0.15, -0.1) is 0 Å². The van der Waals surface area contributed by atoms with E-state index in [9.17, 15) is 10.1 Å². The van der Waals surface area contributed by atoms with Crippen LogP contribution in [0.1, 0.15) is 85.0 Å². The molecule has 1 amide bonds. The van der Waals surface area contributed by atoms with Crippen molar-refractivity contribution in [3.05, 3.63) is 81.6 Å². The van der Waals surface area contributed by atoms with Crippen molar-refractivity contribution in [1.29, 1.82) is 5.26 Å². The number of fused-ring (bicyclic) bond motifs is 2. The van der Waals surface area contributed by atoms with Crippen molar-refractivity contribution in [1.82, 2.24) is 10.6 Å². The Hall–Kier alpha value is -3.06. The third kappa shape index (κ3) is 5.05. The van der Waals surface area contributed by atoms with Gasteiger partial charge in [0.15, 0.2) is 0 Å². The first-order valence-corrected chi connectivity index (χ1v) is 12.0. The number of amides is 1. The standard InChI is InChI=1S/C28H33N3O/c1-19(23-13-11-21-7-3-5-9-25(21)15-23)30-18-27(17-29)28(32)31-20(2)24-14-12-22-8-4-6-10-26(22)16-24/h11-16,18-20,30H,3-10H2,1-2H3,(H,31,32)/b27-18-. The quantitative estimate of drug-likeness (QED) is 0.480. The van der Waals surface area contributed by atoms with Gasteiger partial charge in [-0.1, -0.05) is 36.4 Å². The van der Waals surface area contributed by atoms with E-state index in [1.165, 1.54) is 59.9 Å². The van der Waals surface area contributed by atoms with Crippen molar-refractivity contribution in [2.24, 2.45) is 0 Å². The molecule has 4 heteroatoms. The molecule has 0 bridgehead atoms. The highest BCUT2D eigenvalue weighted by Crippen LogP contribution is 2.26. The van der Waals surface area contributed by atoms with Gasteiger partial charge in [0.2, 0.25) is 0 Å². The maximum absolute atomic E-state index is 12.7. The van der Waals surface area contributed by atoms with E-state index < -0.39 is 0 Å². The second kappa shape index (κ2) is 10.0. The third-order valence-corrected chi connectivity index (χ3v) is 6.94. The van der Waals surface area contributed by atoms with Crippen LogP contribution in [0.5, 0.6) is 0 Å². The van der Waals surface area contributed by atoms with Crippen molar-refractivity contribution in [3.8, 4) is 6.07 Å². The van der Waals surface area contributed by atoms with Gasteiger partial charge < -0.3 is 10.6 Å². The summed E-state index contributed by atoms with van der Waals surface area (Å²) in [6.07, 6.45) is 11.1. The van der Waals surface area contributed by atoms with E-state index in [1.807, 2.05) is 6.92 Å². The molecule has 4 nitrogen and oxygen atoms in total. The topological polar surface area (TPSA) is 64.9 Å². The lowest BCUT2D eigenvalue weighted by Crippen LogP contribution is -2.29. The number of nitriles is 1. The molecule has 2 N–H and O–H groups in total. The highest BCUT2D eigenvalue weighted by molar-refractivity contribution is 5.97. The minimum Gasteiger partial charge on any atom is -0.383 e. The summed E-state index contributed by atoms with van der Waals surface area (Å²) in [6.45, 7) is 4.03. The van der Waals surface area contributed by atoms with Gasteiger partial charge in [0, 0.05) is 12.2 Å². The maximum atomic E-state index is 12.7. The van der Waals surface area contributed by atoms with Crippen molar-refractivity contribution < 1.29 is 4.79 Å². The first-order valence-electron chi connectivity index (χ1n) is 12.0. The Balaban J connectivity index is 1.39. The molecule has 0 radical (unpaired) electrons. The van der Waals surface area contributed by atoms with E-state index in [0.29, 0.717) is 0 Å². The molecule has 32 heavy (non-hydrogen) atoms. The lowest BCUT2D eigenvalue weighted by atomic mass is 9.89. The third-order valence-electron chi connectivity index (χ3n) is 6.94. The Kier molecular flexibility index (Phi) is 6.95. The zero-order valence-corrected chi connectivity index (χ0v) is 19.2. The van der Waals surface area contributed by atoms with Gasteiger partial charge in [-0.05, 0) is 98.6 Å². The molecule has 2 unspecified atom stereocenters. The maximum Gasteiger partial charge on any atom is 0.263 e. The monoisotopic (exact) mass is 427 g/mol. The number of benzene rings is 2. The molecule has 2 aliphatic rings. The van der Waals surface area contributed by atoms with Gasteiger partial charge in [-0.3, -0.25) is 4.79 Å². The van der Waals surface area contributed by atoms with Crippen molar-refractivity contribution >= 4 is 5.91 Å². The molecule has 0 saturated carbocycles. The molecule has 0 heterocycles. The molecule has 2 atom stereocenters. The molecular weight excluding hydrogens is 394 g/mol. The Morgan fingerprint density at radius 2 is 1.34 bits per heavy atom. The molecule has 4 rings (SSSR count). The van der Waals surface area contributed by atoms with Crippen LogP contribution in [0.4, 0.5) is 0 Å². The highest BCUT2D eigenvalue weighted by Gasteiger charge is 2.17. The van der Waals surface area contributed by atoms with Gasteiger partial charge >= 0.3 is 0 Å². The van der Waals surface area contributed by atoms with E-state index in [1.54, 1.807) is 6.20 Å². The number of nitrogens with one attached hydrogen (secondary N) is 2. The van der Waals surface area contributed by atoms with E-state index in [0.717, 1.165) is 24.8 Å². The molecule has 0 saturated heterocycles. The van der Waals surface area contributed by atoms with Gasteiger partial charge in [0.05, 0.1) is 6.04 Å². The Labute approximate surface area is 191 Å². The van der Waals surface area contributed by atoms with Crippen LogP contribution in [0.25, 0.3) is 0 Å². The second-order valence-corrected chi connectivity index (χ2v) is 9.22. The first-order chi connectivity index (χ1) is 15.5. The zero-order chi connectivity index (χ0) is 22.5. The summed E-state index contributed by atoms with van der Waals surface area (Å²) in [7, 11) is 0. The lowest BCUT2D eigenvalue weighted by Gasteiger charge is -2.20. The molecule has 0 aromatic heterocycles. The molecule has 0 aliphatic heterocycles. The van der Waals surface area contributed by atoms with E-state index in [4.69, 9.17) is 0 Å². The summed E-state index contributed by atoms with van der Waals surface area (Å²) < 4.78 is 0. The average molecular weight is 428 g/mol. The number of carbonyl (C=O) groups excluding carboxylic acids is 1. The molecule has 0 spiro atoms. The predicted octanol–water partition coefficient (Wildman–Crippen LogP) is 5.38. The summed E-state index contributed by atoms with van der Waals surface area (Å²) in [4.78, 5) is 12.7. The predicted molar refractivity (Wildman–Crippen MR) is 128 cm³/mol. The lowest BCUT2D eigenvalue weighted by molar-refractivity contribution is -0.117. The first kappa shape index (κ1) is 22.1. The zero-order valence-electron chi connectivity index (χ0n) is 19.2. The van der Waals surface area contributed by atoms with Crippen molar-refractivity contribution in [2.45, 2.75) is 77.3 Å². The minimum atomic E-state index is -0.345. The summed E-state index contributed by atoms with van der Waals surface area (Å²) in [6, 6.07) is 15.1. The van der Waals surface area contributed by atoms with E-state index >= 15 is 0 Å². The fourth-order valence-electron chi connectivity index (χ4n) is 4.86. The second-order valence-electron chi connectivity index (χ2n) is 9.22. The molecule has 2 aliphatic carbocycles. The molecule has 2 aromatic carbocycles. The minimum absolute atomic E-state index is 0.0245. The summed E-state index contributed by atoms with van der Waals surface area (Å²) >= 11 is 0. The Morgan fingerprint density at radius 3 is 1.88 bits per heavy atom. The summed E-state index contributed by atoms with van der Waals surface area (Å²) in [5.41, 5.74) is 8.08. The molecule has 2 aromatic rings. The molecular formula is C28H33N3O. The van der Waals surface area contributed by atoms with Gasteiger partial charge in [0.25, 0.3) is 5.91 Å². The van der Waals surface area contributed by atoms with Crippen LogP contribution in [0.15, 0.2) is 48.2 Å². The summed E-state index contributed by atoms with van der Waals surface area (Å²) in [5, 5.41) is 15.8. The van der Waals surface area contributed by atoms with Crippen LogP contribution in [-0.4, -0.2) is 5.91 Å². The number of aryl methyl sites for hydroxylation is 4. The fourth-order valence-corrected chi connectivity index (χ4v) is 4.86. The van der Waals surface area contributed by atoms with Crippen LogP contribution >= 0.6 is 0 Å². The SMILES string of the molecule is CC(N/C=C(/C#N)C(=O)NC(C)c1ccc2c(c1)CCCC2)c1ccc2c(c1)CCCC2. The normalized spacial score (nSPS) is 17.3. The van der Waals surface area contributed by atoms with Crippen LogP contribution in [-0.2, 0) is 30.5 Å². The number of rotatable bonds is 6. The largest absolute Gasteiger partial charge is 0.383 e.